The first-order valence-corrected chi connectivity index (χ1v) is 8.31. The first-order valence-electron chi connectivity index (χ1n) is 8.31. The van der Waals surface area contributed by atoms with E-state index in [0.717, 1.165) is 25.9 Å². The molecule has 1 aliphatic rings. The van der Waals surface area contributed by atoms with E-state index < -0.39 is 23.4 Å². The molecular formula is C16H25N5O4. The highest BCUT2D eigenvalue weighted by atomic mass is 16.6. The number of esters is 1. The summed E-state index contributed by atoms with van der Waals surface area (Å²) in [5.74, 6) is -1.55. The zero-order valence-corrected chi connectivity index (χ0v) is 14.8. The molecule has 9 heteroatoms. The molecule has 1 aromatic rings. The Morgan fingerprint density at radius 1 is 1.24 bits per heavy atom. The third-order valence-electron chi connectivity index (χ3n) is 3.57. The van der Waals surface area contributed by atoms with E-state index in [0.29, 0.717) is 0 Å². The summed E-state index contributed by atoms with van der Waals surface area (Å²) in [6, 6.07) is 0.0584. The first kappa shape index (κ1) is 18.9. The molecule has 1 aliphatic heterocycles. The zero-order valence-electron chi connectivity index (χ0n) is 14.8. The van der Waals surface area contributed by atoms with E-state index in [9.17, 15) is 14.4 Å². The van der Waals surface area contributed by atoms with Gasteiger partial charge in [-0.25, -0.2) is 4.98 Å². The lowest BCUT2D eigenvalue weighted by molar-refractivity contribution is -0.153. The van der Waals surface area contributed by atoms with Crippen molar-refractivity contribution in [2.75, 3.05) is 19.6 Å². The number of nitrogens with one attached hydrogen (secondary N) is 4. The van der Waals surface area contributed by atoms with E-state index in [2.05, 4.69) is 25.9 Å². The van der Waals surface area contributed by atoms with Gasteiger partial charge in [-0.05, 0) is 46.7 Å². The molecule has 4 N–H and O–H groups in total. The Kier molecular flexibility index (Phi) is 6.13. The smallest absolute Gasteiger partial charge is 0.325 e. The molecule has 2 heterocycles. The van der Waals surface area contributed by atoms with Gasteiger partial charge in [-0.15, -0.1) is 0 Å². The standard InChI is InChI=1S/C16H25N5O4/c1-16(2,3)25-11(22)8-18-14(23)12-13(20-9-19-12)15(24)21-10-4-6-17-7-5-10/h9-10,17H,4-8H2,1-3H3,(H,18,23)(H,19,20)(H,21,24). The predicted molar refractivity (Wildman–Crippen MR) is 90.1 cm³/mol. The Bertz CT molecular complexity index is 629. The lowest BCUT2D eigenvalue weighted by Gasteiger charge is -2.23. The molecule has 0 aliphatic carbocycles. The quantitative estimate of drug-likeness (QED) is 0.552. The highest BCUT2D eigenvalue weighted by molar-refractivity contribution is 6.05. The van der Waals surface area contributed by atoms with Crippen LogP contribution in [0.2, 0.25) is 0 Å². The molecule has 1 saturated heterocycles. The van der Waals surface area contributed by atoms with E-state index >= 15 is 0 Å². The monoisotopic (exact) mass is 351 g/mol. The highest BCUT2D eigenvalue weighted by Gasteiger charge is 2.24. The van der Waals surface area contributed by atoms with Crippen molar-refractivity contribution < 1.29 is 19.1 Å². The maximum Gasteiger partial charge on any atom is 0.325 e. The second-order valence-electron chi connectivity index (χ2n) is 6.89. The molecule has 1 aromatic heterocycles. The van der Waals surface area contributed by atoms with Crippen molar-refractivity contribution in [3.05, 3.63) is 17.7 Å². The lowest BCUT2D eigenvalue weighted by atomic mass is 10.1. The number of imidazole rings is 1. The Labute approximate surface area is 146 Å². The zero-order chi connectivity index (χ0) is 18.4. The van der Waals surface area contributed by atoms with Crippen LogP contribution < -0.4 is 16.0 Å². The van der Waals surface area contributed by atoms with Crippen molar-refractivity contribution in [1.29, 1.82) is 0 Å². The number of piperidine rings is 1. The molecule has 0 spiro atoms. The second-order valence-corrected chi connectivity index (χ2v) is 6.89. The minimum absolute atomic E-state index is 0.0141. The minimum Gasteiger partial charge on any atom is -0.459 e. The van der Waals surface area contributed by atoms with Crippen LogP contribution in [0.1, 0.15) is 54.6 Å². The van der Waals surface area contributed by atoms with Crippen molar-refractivity contribution in [3.8, 4) is 0 Å². The molecule has 0 aromatic carbocycles. The Morgan fingerprint density at radius 2 is 1.92 bits per heavy atom. The predicted octanol–water partition coefficient (Wildman–Crippen LogP) is -0.0370. The second kappa shape index (κ2) is 8.11. The first-order chi connectivity index (χ1) is 11.8. The number of ether oxygens (including phenoxy) is 1. The van der Waals surface area contributed by atoms with Crippen LogP contribution in [0.3, 0.4) is 0 Å². The highest BCUT2D eigenvalue weighted by Crippen LogP contribution is 2.08. The van der Waals surface area contributed by atoms with Crippen LogP contribution in [-0.4, -0.2) is 59.0 Å². The van der Waals surface area contributed by atoms with Crippen LogP contribution >= 0.6 is 0 Å². The topological polar surface area (TPSA) is 125 Å². The van der Waals surface area contributed by atoms with Crippen LogP contribution in [0.4, 0.5) is 0 Å². The number of rotatable bonds is 5. The SMILES string of the molecule is CC(C)(C)OC(=O)CNC(=O)c1[nH]cnc1C(=O)NC1CCNCC1. The van der Waals surface area contributed by atoms with Crippen molar-refractivity contribution >= 4 is 17.8 Å². The molecule has 9 nitrogen and oxygen atoms in total. The van der Waals surface area contributed by atoms with E-state index in [1.54, 1.807) is 20.8 Å². The molecule has 0 unspecified atom stereocenters. The van der Waals surface area contributed by atoms with Crippen molar-refractivity contribution in [2.24, 2.45) is 0 Å². The number of hydrogen-bond acceptors (Lipinski definition) is 6. The molecule has 25 heavy (non-hydrogen) atoms. The van der Waals surface area contributed by atoms with Crippen LogP contribution in [0.25, 0.3) is 0 Å². The molecular weight excluding hydrogens is 326 g/mol. The van der Waals surface area contributed by atoms with E-state index in [1.165, 1.54) is 6.33 Å². The Balaban J connectivity index is 1.91. The lowest BCUT2D eigenvalue weighted by Crippen LogP contribution is -2.43. The number of carbonyl (C=O) groups is 3. The summed E-state index contributed by atoms with van der Waals surface area (Å²) in [7, 11) is 0. The molecule has 2 rings (SSSR count). The molecule has 0 bridgehead atoms. The number of nitrogens with zero attached hydrogens (tertiary/aromatic N) is 1. The number of aromatic nitrogens is 2. The summed E-state index contributed by atoms with van der Waals surface area (Å²) in [5.41, 5.74) is -0.592. The summed E-state index contributed by atoms with van der Waals surface area (Å²) < 4.78 is 5.12. The largest absolute Gasteiger partial charge is 0.459 e. The Morgan fingerprint density at radius 3 is 2.56 bits per heavy atom. The van der Waals surface area contributed by atoms with Gasteiger partial charge in [-0.1, -0.05) is 0 Å². The van der Waals surface area contributed by atoms with Gasteiger partial charge in [0.15, 0.2) is 5.69 Å². The summed E-state index contributed by atoms with van der Waals surface area (Å²) in [4.78, 5) is 42.8. The number of amides is 2. The maximum atomic E-state index is 12.3. The van der Waals surface area contributed by atoms with Gasteiger partial charge in [0.2, 0.25) is 0 Å². The van der Waals surface area contributed by atoms with Gasteiger partial charge in [-0.2, -0.15) is 0 Å². The minimum atomic E-state index is -0.629. The summed E-state index contributed by atoms with van der Waals surface area (Å²) in [6.07, 6.45) is 2.94. The number of H-pyrrole nitrogens is 1. The van der Waals surface area contributed by atoms with Crippen molar-refractivity contribution in [3.63, 3.8) is 0 Å². The van der Waals surface area contributed by atoms with Crippen LogP contribution in [0.15, 0.2) is 6.33 Å². The van der Waals surface area contributed by atoms with Gasteiger partial charge in [0.25, 0.3) is 11.8 Å². The molecule has 0 saturated carbocycles. The fourth-order valence-corrected chi connectivity index (χ4v) is 2.48. The maximum absolute atomic E-state index is 12.3. The van der Waals surface area contributed by atoms with Gasteiger partial charge >= 0.3 is 5.97 Å². The average molecular weight is 351 g/mol. The van der Waals surface area contributed by atoms with Crippen molar-refractivity contribution in [2.45, 2.75) is 45.3 Å². The molecule has 0 atom stereocenters. The van der Waals surface area contributed by atoms with Crippen LogP contribution in [0, 0.1) is 0 Å². The van der Waals surface area contributed by atoms with Gasteiger partial charge in [0, 0.05) is 6.04 Å². The fourth-order valence-electron chi connectivity index (χ4n) is 2.48. The number of hydrogen-bond donors (Lipinski definition) is 4. The summed E-state index contributed by atoms with van der Waals surface area (Å²) >= 11 is 0. The van der Waals surface area contributed by atoms with Gasteiger partial charge in [-0.3, -0.25) is 14.4 Å². The van der Waals surface area contributed by atoms with E-state index in [-0.39, 0.29) is 24.0 Å². The molecule has 0 radical (unpaired) electrons. The van der Waals surface area contributed by atoms with E-state index in [1.807, 2.05) is 0 Å². The normalized spacial score (nSPS) is 15.5. The third-order valence-corrected chi connectivity index (χ3v) is 3.57. The number of carbonyl (C=O) groups excluding carboxylic acids is 3. The summed E-state index contributed by atoms with van der Waals surface area (Å²) in [5, 5.41) is 8.53. The molecule has 1 fully saturated rings. The van der Waals surface area contributed by atoms with Gasteiger partial charge in [0.05, 0.1) is 6.33 Å². The number of aromatic amines is 1. The summed E-state index contributed by atoms with van der Waals surface area (Å²) in [6.45, 7) is 6.62. The van der Waals surface area contributed by atoms with Crippen LogP contribution in [0.5, 0.6) is 0 Å². The van der Waals surface area contributed by atoms with Gasteiger partial charge < -0.3 is 25.7 Å². The Hall–Kier alpha value is -2.42. The van der Waals surface area contributed by atoms with Gasteiger partial charge in [0.1, 0.15) is 17.8 Å². The van der Waals surface area contributed by atoms with E-state index in [4.69, 9.17) is 4.74 Å². The average Bonchev–Trinajstić information content (AvgIpc) is 3.01. The van der Waals surface area contributed by atoms with Crippen LogP contribution in [-0.2, 0) is 9.53 Å². The molecule has 138 valence electrons. The van der Waals surface area contributed by atoms with Crippen molar-refractivity contribution in [1.82, 2.24) is 25.9 Å². The molecule has 2 amide bonds. The third kappa shape index (κ3) is 5.86. The fraction of sp³-hybridized carbons (Fsp3) is 0.625.